The second-order valence-corrected chi connectivity index (χ2v) is 7.88. The van der Waals surface area contributed by atoms with E-state index in [0.717, 1.165) is 5.57 Å². The Kier molecular flexibility index (Phi) is 4.90. The third-order valence-electron chi connectivity index (χ3n) is 5.14. The Balaban J connectivity index is 2.76. The maximum absolute atomic E-state index is 12.9. The van der Waals surface area contributed by atoms with Gasteiger partial charge in [-0.2, -0.15) is 0 Å². The van der Waals surface area contributed by atoms with Gasteiger partial charge in [-0.3, -0.25) is 9.59 Å². The predicted molar refractivity (Wildman–Crippen MR) is 99.8 cm³/mol. The van der Waals surface area contributed by atoms with Crippen molar-refractivity contribution in [3.8, 4) is 11.5 Å². The SMILES string of the molecule is C=CC(C)(C)c1c(O)cc2c(c1O)C(=O)[C@@](C)(O)[C@@H](CC=C(C)C)C2=O. The Morgan fingerprint density at radius 2 is 1.88 bits per heavy atom. The van der Waals surface area contributed by atoms with Gasteiger partial charge in [0.2, 0.25) is 0 Å². The van der Waals surface area contributed by atoms with Crippen LogP contribution in [0.1, 0.15) is 67.3 Å². The van der Waals surface area contributed by atoms with E-state index in [1.165, 1.54) is 19.1 Å². The minimum Gasteiger partial charge on any atom is -0.507 e. The van der Waals surface area contributed by atoms with Gasteiger partial charge < -0.3 is 15.3 Å². The number of carbonyl (C=O) groups is 2. The summed E-state index contributed by atoms with van der Waals surface area (Å²) < 4.78 is 0. The third-order valence-corrected chi connectivity index (χ3v) is 5.14. The number of fused-ring (bicyclic) bond motifs is 1. The van der Waals surface area contributed by atoms with E-state index in [4.69, 9.17) is 0 Å². The van der Waals surface area contributed by atoms with E-state index in [1.54, 1.807) is 19.9 Å². The minimum atomic E-state index is -1.94. The Morgan fingerprint density at radius 3 is 2.38 bits per heavy atom. The monoisotopic (exact) mass is 358 g/mol. The number of phenols is 2. The van der Waals surface area contributed by atoms with Crippen LogP contribution in [0.2, 0.25) is 0 Å². The topological polar surface area (TPSA) is 94.8 Å². The zero-order valence-electron chi connectivity index (χ0n) is 15.9. The van der Waals surface area contributed by atoms with Gasteiger partial charge in [0.1, 0.15) is 17.1 Å². The highest BCUT2D eigenvalue weighted by molar-refractivity contribution is 6.20. The maximum Gasteiger partial charge on any atom is 0.199 e. The van der Waals surface area contributed by atoms with Gasteiger partial charge in [0.25, 0.3) is 0 Å². The summed E-state index contributed by atoms with van der Waals surface area (Å²) >= 11 is 0. The molecule has 1 aliphatic rings. The van der Waals surface area contributed by atoms with Gasteiger partial charge in [0.15, 0.2) is 11.6 Å². The molecular weight excluding hydrogens is 332 g/mol. The van der Waals surface area contributed by atoms with Crippen LogP contribution >= 0.6 is 0 Å². The van der Waals surface area contributed by atoms with Crippen molar-refractivity contribution >= 4 is 11.6 Å². The molecule has 26 heavy (non-hydrogen) atoms. The van der Waals surface area contributed by atoms with Crippen molar-refractivity contribution in [2.24, 2.45) is 5.92 Å². The summed E-state index contributed by atoms with van der Waals surface area (Å²) in [6.07, 6.45) is 3.50. The van der Waals surface area contributed by atoms with E-state index >= 15 is 0 Å². The lowest BCUT2D eigenvalue weighted by atomic mass is 9.68. The molecule has 0 heterocycles. The molecule has 3 N–H and O–H groups in total. The molecule has 0 fully saturated rings. The van der Waals surface area contributed by atoms with Crippen molar-refractivity contribution in [2.75, 3.05) is 0 Å². The van der Waals surface area contributed by atoms with Crippen LogP contribution in [-0.2, 0) is 5.41 Å². The van der Waals surface area contributed by atoms with Crippen LogP contribution in [0.25, 0.3) is 0 Å². The van der Waals surface area contributed by atoms with E-state index in [9.17, 15) is 24.9 Å². The number of ketones is 2. The number of allylic oxidation sites excluding steroid dienone is 3. The van der Waals surface area contributed by atoms with Crippen LogP contribution in [-0.4, -0.2) is 32.5 Å². The molecule has 0 spiro atoms. The molecule has 140 valence electrons. The van der Waals surface area contributed by atoms with Crippen LogP contribution in [0.15, 0.2) is 30.4 Å². The first-order valence-corrected chi connectivity index (χ1v) is 8.54. The van der Waals surface area contributed by atoms with Gasteiger partial charge in [-0.05, 0) is 33.3 Å². The summed E-state index contributed by atoms with van der Waals surface area (Å²) in [5, 5.41) is 31.9. The van der Waals surface area contributed by atoms with E-state index < -0.39 is 34.2 Å². The number of aliphatic hydroxyl groups is 1. The molecular formula is C21H26O5. The first kappa shape index (κ1) is 19.9. The van der Waals surface area contributed by atoms with Crippen LogP contribution in [0.5, 0.6) is 11.5 Å². The number of carbonyl (C=O) groups excluding carboxylic acids is 2. The highest BCUT2D eigenvalue weighted by atomic mass is 16.3. The number of hydrogen-bond donors (Lipinski definition) is 3. The zero-order chi connectivity index (χ0) is 20.0. The lowest BCUT2D eigenvalue weighted by Crippen LogP contribution is -2.50. The molecule has 0 unspecified atom stereocenters. The first-order chi connectivity index (χ1) is 11.9. The second-order valence-electron chi connectivity index (χ2n) is 7.88. The predicted octanol–water partition coefficient (Wildman–Crippen LogP) is 3.66. The summed E-state index contributed by atoms with van der Waals surface area (Å²) in [7, 11) is 0. The smallest absolute Gasteiger partial charge is 0.199 e. The van der Waals surface area contributed by atoms with Crippen molar-refractivity contribution < 1.29 is 24.9 Å². The average molecular weight is 358 g/mol. The van der Waals surface area contributed by atoms with Crippen LogP contribution in [0.3, 0.4) is 0 Å². The van der Waals surface area contributed by atoms with Crippen molar-refractivity contribution in [1.29, 1.82) is 0 Å². The van der Waals surface area contributed by atoms with Crippen LogP contribution in [0, 0.1) is 5.92 Å². The standard InChI is InChI=1S/C21H26O5/c1-7-20(4,5)16-14(22)10-12-15(18(16)24)19(25)21(6,26)13(17(12)23)9-8-11(2)3/h7-8,10,13,22,24,26H,1,9H2,2-6H3/t13-,21-/m0/s1. The number of phenolic OH excluding ortho intramolecular Hbond substituents is 2. The Bertz CT molecular complexity index is 823. The quantitative estimate of drug-likeness (QED) is 0.714. The zero-order valence-corrected chi connectivity index (χ0v) is 15.9. The highest BCUT2D eigenvalue weighted by Crippen LogP contribution is 2.47. The van der Waals surface area contributed by atoms with Gasteiger partial charge in [0.05, 0.1) is 11.5 Å². The molecule has 2 atom stereocenters. The Labute approximate surface area is 153 Å². The molecule has 0 bridgehead atoms. The van der Waals surface area contributed by atoms with Gasteiger partial charge >= 0.3 is 0 Å². The minimum absolute atomic E-state index is 0.0627. The fraction of sp³-hybridized carbons (Fsp3) is 0.429. The molecule has 0 saturated carbocycles. The summed E-state index contributed by atoms with van der Waals surface area (Å²) in [4.78, 5) is 25.9. The van der Waals surface area contributed by atoms with E-state index in [2.05, 4.69) is 6.58 Å². The average Bonchev–Trinajstić information content (AvgIpc) is 2.51. The number of aromatic hydroxyl groups is 2. The van der Waals surface area contributed by atoms with Crippen LogP contribution in [0.4, 0.5) is 0 Å². The largest absolute Gasteiger partial charge is 0.507 e. The lowest BCUT2D eigenvalue weighted by molar-refractivity contribution is 0.00775. The van der Waals surface area contributed by atoms with Crippen molar-refractivity contribution in [3.63, 3.8) is 0 Å². The molecule has 5 heteroatoms. The molecule has 1 aliphatic carbocycles. The molecule has 0 aliphatic heterocycles. The number of Topliss-reactive ketones (excluding diaryl/α,β-unsaturated/α-hetero) is 2. The highest BCUT2D eigenvalue weighted by Gasteiger charge is 2.51. The first-order valence-electron chi connectivity index (χ1n) is 8.54. The van der Waals surface area contributed by atoms with Gasteiger partial charge in [-0.1, -0.05) is 31.6 Å². The van der Waals surface area contributed by atoms with Crippen LogP contribution < -0.4 is 0 Å². The lowest BCUT2D eigenvalue weighted by Gasteiger charge is -2.36. The summed E-state index contributed by atoms with van der Waals surface area (Å²) in [5.74, 6) is -2.94. The summed E-state index contributed by atoms with van der Waals surface area (Å²) in [6, 6.07) is 1.21. The molecule has 0 radical (unpaired) electrons. The van der Waals surface area contributed by atoms with Crippen molar-refractivity contribution in [3.05, 3.63) is 47.1 Å². The third kappa shape index (κ3) is 2.97. The molecule has 0 saturated heterocycles. The summed E-state index contributed by atoms with van der Waals surface area (Å²) in [6.45, 7) is 12.1. The van der Waals surface area contributed by atoms with Gasteiger partial charge in [-0.25, -0.2) is 0 Å². The number of rotatable bonds is 4. The fourth-order valence-electron chi connectivity index (χ4n) is 3.36. The fourth-order valence-corrected chi connectivity index (χ4v) is 3.36. The molecule has 0 aromatic heterocycles. The van der Waals surface area contributed by atoms with E-state index in [0.29, 0.717) is 0 Å². The normalized spacial score (nSPS) is 22.8. The molecule has 2 rings (SSSR count). The molecule has 1 aromatic carbocycles. The second kappa shape index (κ2) is 6.40. The van der Waals surface area contributed by atoms with Gasteiger partial charge in [0, 0.05) is 16.5 Å². The van der Waals surface area contributed by atoms with Crippen molar-refractivity contribution in [2.45, 2.75) is 52.1 Å². The Morgan fingerprint density at radius 1 is 1.31 bits per heavy atom. The molecule has 5 nitrogen and oxygen atoms in total. The Hall–Kier alpha value is -2.40. The number of hydrogen-bond acceptors (Lipinski definition) is 5. The molecule has 1 aromatic rings. The van der Waals surface area contributed by atoms with E-state index in [1.807, 2.05) is 13.8 Å². The van der Waals surface area contributed by atoms with E-state index in [-0.39, 0.29) is 28.9 Å². The van der Waals surface area contributed by atoms with Gasteiger partial charge in [-0.15, -0.1) is 6.58 Å². The maximum atomic E-state index is 12.9. The summed E-state index contributed by atoms with van der Waals surface area (Å²) in [5.41, 5.74) is -2.02. The van der Waals surface area contributed by atoms with Crippen molar-refractivity contribution in [1.82, 2.24) is 0 Å². The number of benzene rings is 1. The molecule has 0 amide bonds.